The first kappa shape index (κ1) is 35.8. The first-order valence-electron chi connectivity index (χ1n) is 15.8. The average molecular weight is 707 g/mol. The summed E-state index contributed by atoms with van der Waals surface area (Å²) in [4.78, 5) is 6.52. The molecule has 1 aromatic heterocycles. The van der Waals surface area contributed by atoms with E-state index in [9.17, 15) is 0 Å². The molecule has 248 valence electrons. The fourth-order valence-corrected chi connectivity index (χ4v) is 5.08. The molecule has 1 heterocycles. The van der Waals surface area contributed by atoms with Crippen LogP contribution in [0.5, 0.6) is 0 Å². The number of rotatable bonds is 13. The number of azo groups is 1. The first-order chi connectivity index (χ1) is 22.8. The molecule has 0 saturated heterocycles. The predicted molar refractivity (Wildman–Crippen MR) is 195 cm³/mol. The summed E-state index contributed by atoms with van der Waals surface area (Å²) in [6, 6.07) is 32.8. The van der Waals surface area contributed by atoms with Crippen molar-refractivity contribution in [3.05, 3.63) is 132 Å². The van der Waals surface area contributed by atoms with Crippen molar-refractivity contribution in [1.29, 1.82) is 0 Å². The van der Waals surface area contributed by atoms with Gasteiger partial charge in [0.2, 0.25) is 6.33 Å². The van der Waals surface area contributed by atoms with Crippen molar-refractivity contribution in [3.8, 4) is 0 Å². The van der Waals surface area contributed by atoms with E-state index in [-0.39, 0.29) is 17.0 Å². The van der Waals surface area contributed by atoms with Gasteiger partial charge in [-0.3, -0.25) is 0 Å². The quantitative estimate of drug-likeness (QED) is 0.0796. The van der Waals surface area contributed by atoms with Gasteiger partial charge in [-0.15, -0.1) is 5.10 Å². The molecule has 0 aliphatic carbocycles. The molecular weight excluding hydrogens is 662 g/mol. The Labute approximate surface area is 295 Å². The van der Waals surface area contributed by atoms with Crippen LogP contribution >= 0.6 is 0 Å². The Morgan fingerprint density at radius 2 is 1.21 bits per heavy atom. The molecule has 0 aliphatic heterocycles. The highest BCUT2D eigenvalue weighted by Crippen LogP contribution is 2.23. The van der Waals surface area contributed by atoms with Gasteiger partial charge in [0.1, 0.15) is 24.7 Å². The minimum Gasteiger partial charge on any atom is -1.00 e. The lowest BCUT2D eigenvalue weighted by atomic mass is 10.0. The van der Waals surface area contributed by atoms with Gasteiger partial charge in [0.05, 0.1) is 31.2 Å². The van der Waals surface area contributed by atoms with Crippen LogP contribution in [-0.4, -0.2) is 57.8 Å². The molecule has 0 bridgehead atoms. The van der Waals surface area contributed by atoms with Crippen molar-refractivity contribution in [2.75, 3.05) is 56.0 Å². The van der Waals surface area contributed by atoms with Crippen LogP contribution in [0.1, 0.15) is 23.6 Å². The molecule has 4 aromatic carbocycles. The Morgan fingerprint density at radius 3 is 1.67 bits per heavy atom. The van der Waals surface area contributed by atoms with Crippen LogP contribution in [-0.2, 0) is 13.6 Å². The Morgan fingerprint density at radius 1 is 0.708 bits per heavy atom. The van der Waals surface area contributed by atoms with Crippen LogP contribution in [0.3, 0.4) is 0 Å². The summed E-state index contributed by atoms with van der Waals surface area (Å²) in [6.07, 6.45) is 8.01. The number of likely N-dealkylation sites (N-methyl/N-ethyl adjacent to an activating group) is 1. The Balaban J connectivity index is 0.00000520. The molecule has 0 unspecified atom stereocenters. The second kappa shape index (κ2) is 17.2. The van der Waals surface area contributed by atoms with Gasteiger partial charge in [0.15, 0.2) is 0 Å². The van der Waals surface area contributed by atoms with Crippen molar-refractivity contribution in [1.82, 2.24) is 4.57 Å². The third-order valence-electron chi connectivity index (χ3n) is 7.90. The fraction of sp³-hybridized carbons (Fsp3) is 0.237. The summed E-state index contributed by atoms with van der Waals surface area (Å²) in [7, 11) is 10.2. The molecule has 9 nitrogen and oxygen atoms in total. The molecule has 5 rings (SSSR count). The maximum Gasteiger partial charge on any atom is 0.243 e. The van der Waals surface area contributed by atoms with E-state index in [2.05, 4.69) is 131 Å². The van der Waals surface area contributed by atoms with Crippen LogP contribution in [0, 0.1) is 0 Å². The number of imidazole rings is 1. The fourth-order valence-electron chi connectivity index (χ4n) is 5.08. The largest absolute Gasteiger partial charge is 1.00 e. The van der Waals surface area contributed by atoms with Crippen LogP contribution in [0.25, 0.3) is 0 Å². The molecule has 0 N–H and O–H groups in total. The molecule has 0 fully saturated rings. The highest BCUT2D eigenvalue weighted by molar-refractivity contribution is 6.13. The lowest BCUT2D eigenvalue weighted by Gasteiger charge is -2.22. The van der Waals surface area contributed by atoms with Crippen molar-refractivity contribution in [3.63, 3.8) is 0 Å². The maximum atomic E-state index is 4.67. The van der Waals surface area contributed by atoms with Crippen molar-refractivity contribution in [2.45, 2.75) is 13.5 Å². The van der Waals surface area contributed by atoms with Crippen molar-refractivity contribution >= 4 is 40.4 Å². The number of aryl methyl sites for hydroxylation is 1. The molecule has 0 spiro atoms. The number of hydrogen-bond acceptors (Lipinski definition) is 7. The molecule has 48 heavy (non-hydrogen) atoms. The number of aromatic nitrogens is 2. The summed E-state index contributed by atoms with van der Waals surface area (Å²) >= 11 is 0. The molecule has 0 aliphatic rings. The first-order valence-corrected chi connectivity index (χ1v) is 15.8. The number of halogens is 1. The second-order valence-electron chi connectivity index (χ2n) is 11.8. The zero-order chi connectivity index (χ0) is 33.2. The SMILES string of the molecule is CCN(CC[n+]1ccn(C)c1)c1ccc(/N=N/c2ccc(/C=N/N=C(c3ccc(N(C)C)cc3)c3ccc(N(C)C)cc3)cc2)cc1.[Br-]. The van der Waals surface area contributed by atoms with Gasteiger partial charge in [0.25, 0.3) is 0 Å². The van der Waals surface area contributed by atoms with Crippen LogP contribution in [0.2, 0.25) is 0 Å². The molecular formula is C38H44BrN9. The van der Waals surface area contributed by atoms with E-state index in [1.54, 1.807) is 6.21 Å². The maximum absolute atomic E-state index is 4.67. The predicted octanol–water partition coefficient (Wildman–Crippen LogP) is 4.26. The van der Waals surface area contributed by atoms with Crippen LogP contribution < -0.4 is 36.2 Å². The standard InChI is InChI=1S/C38H44N9.BrH/c1-7-47(27-26-46-25-24-45(6)29-46)37-22-16-34(17-23-37)41-40-33-14-8-30(9-15-33)28-39-42-38(31-10-18-35(19-11-31)43(2)3)32-12-20-36(21-13-32)44(4)5;/h8-25,28-29H,7,26-27H2,1-6H3;1H/q+1;/p-1/b39-28+,41-40+;. The van der Waals surface area contributed by atoms with Gasteiger partial charge < -0.3 is 31.7 Å². The number of nitrogens with zero attached hydrogens (tertiary/aromatic N) is 9. The van der Waals surface area contributed by atoms with Gasteiger partial charge in [-0.05, 0) is 73.2 Å². The van der Waals surface area contributed by atoms with E-state index < -0.39 is 0 Å². The smallest absolute Gasteiger partial charge is 0.243 e. The summed E-state index contributed by atoms with van der Waals surface area (Å²) in [6.45, 7) is 4.98. The molecule has 0 radical (unpaired) electrons. The summed E-state index contributed by atoms with van der Waals surface area (Å²) in [5.74, 6) is 0. The molecule has 0 amide bonds. The van der Waals surface area contributed by atoms with E-state index >= 15 is 0 Å². The third kappa shape index (κ3) is 9.71. The van der Waals surface area contributed by atoms with E-state index in [1.165, 1.54) is 5.69 Å². The Hall–Kier alpha value is -5.09. The molecule has 0 saturated carbocycles. The topological polar surface area (TPSA) is 68.0 Å². The minimum absolute atomic E-state index is 0. The Bertz CT molecular complexity index is 1750. The zero-order valence-corrected chi connectivity index (χ0v) is 30.2. The number of anilines is 3. The lowest BCUT2D eigenvalue weighted by Crippen LogP contribution is -3.00. The van der Waals surface area contributed by atoms with Gasteiger partial charge in [0, 0.05) is 62.9 Å². The van der Waals surface area contributed by atoms with Gasteiger partial charge in [-0.25, -0.2) is 9.13 Å². The Kier molecular flexibility index (Phi) is 12.8. The molecule has 10 heteroatoms. The van der Waals surface area contributed by atoms with E-state index in [1.807, 2.05) is 71.6 Å². The molecule has 0 atom stereocenters. The highest BCUT2D eigenvalue weighted by Gasteiger charge is 2.10. The summed E-state index contributed by atoms with van der Waals surface area (Å²) in [5, 5.41) is 18.0. The average Bonchev–Trinajstić information content (AvgIpc) is 3.52. The minimum atomic E-state index is 0. The highest BCUT2D eigenvalue weighted by atomic mass is 79.9. The van der Waals surface area contributed by atoms with Gasteiger partial charge in [-0.2, -0.15) is 15.3 Å². The summed E-state index contributed by atoms with van der Waals surface area (Å²) in [5.41, 5.74) is 8.76. The number of hydrogen-bond donors (Lipinski definition) is 0. The van der Waals surface area contributed by atoms with E-state index in [0.29, 0.717) is 0 Å². The van der Waals surface area contributed by atoms with E-state index in [4.69, 9.17) is 0 Å². The number of benzene rings is 4. The third-order valence-corrected chi connectivity index (χ3v) is 7.90. The van der Waals surface area contributed by atoms with Crippen molar-refractivity contribution in [2.24, 2.45) is 27.5 Å². The molecule has 5 aromatic rings. The monoisotopic (exact) mass is 705 g/mol. The van der Waals surface area contributed by atoms with E-state index in [0.717, 1.165) is 64.8 Å². The van der Waals surface area contributed by atoms with Gasteiger partial charge in [-0.1, -0.05) is 36.4 Å². The van der Waals surface area contributed by atoms with Crippen LogP contribution in [0.15, 0.2) is 136 Å². The van der Waals surface area contributed by atoms with Crippen molar-refractivity contribution < 1.29 is 21.5 Å². The second-order valence-corrected chi connectivity index (χ2v) is 11.8. The zero-order valence-electron chi connectivity index (χ0n) is 28.6. The van der Waals surface area contributed by atoms with Crippen LogP contribution in [0.4, 0.5) is 28.4 Å². The lowest BCUT2D eigenvalue weighted by molar-refractivity contribution is -0.693. The normalized spacial score (nSPS) is 11.0. The van der Waals surface area contributed by atoms with Gasteiger partial charge >= 0.3 is 0 Å². The summed E-state index contributed by atoms with van der Waals surface area (Å²) < 4.78 is 4.26.